The summed E-state index contributed by atoms with van der Waals surface area (Å²) in [5, 5.41) is 7.01. The highest BCUT2D eigenvalue weighted by Gasteiger charge is 2.32. The van der Waals surface area contributed by atoms with E-state index >= 15 is 0 Å². The van der Waals surface area contributed by atoms with Crippen molar-refractivity contribution in [3.05, 3.63) is 65.5 Å². The maximum absolute atomic E-state index is 13.1. The number of rotatable bonds is 7. The van der Waals surface area contributed by atoms with Gasteiger partial charge in [-0.15, -0.1) is 0 Å². The van der Waals surface area contributed by atoms with E-state index in [2.05, 4.69) is 15.5 Å². The molecule has 0 atom stereocenters. The van der Waals surface area contributed by atoms with Gasteiger partial charge in [0.2, 0.25) is 27.6 Å². The molecule has 0 bridgehead atoms. The first-order valence-electron chi connectivity index (χ1n) is 11.7. The number of amides is 1. The Morgan fingerprint density at radius 3 is 2.44 bits per heavy atom. The van der Waals surface area contributed by atoms with E-state index in [9.17, 15) is 13.2 Å². The number of nitrogens with zero attached hydrogens (tertiary/aromatic N) is 3. The smallest absolute Gasteiger partial charge is 0.243 e. The number of aryl methyl sites for hydroxylation is 1. The fraction of sp³-hybridized carbons (Fsp3) is 0.400. The molecule has 34 heavy (non-hydrogen) atoms. The Morgan fingerprint density at radius 1 is 1.06 bits per heavy atom. The molecule has 1 aliphatic carbocycles. The summed E-state index contributed by atoms with van der Waals surface area (Å²) < 4.78 is 33.0. The number of hydrogen-bond donors (Lipinski definition) is 1. The number of piperidine rings is 1. The van der Waals surface area contributed by atoms with E-state index in [1.807, 2.05) is 31.2 Å². The van der Waals surface area contributed by atoms with E-state index < -0.39 is 10.0 Å². The first-order valence-corrected chi connectivity index (χ1v) is 13.1. The minimum absolute atomic E-state index is 0.0182. The second-order valence-corrected chi connectivity index (χ2v) is 11.0. The van der Waals surface area contributed by atoms with Crippen LogP contribution in [0.1, 0.15) is 48.6 Å². The van der Waals surface area contributed by atoms with Crippen LogP contribution in [0.2, 0.25) is 0 Å². The van der Waals surface area contributed by atoms with Crippen molar-refractivity contribution in [1.29, 1.82) is 0 Å². The Balaban J connectivity index is 1.17. The highest BCUT2D eigenvalue weighted by atomic mass is 32.2. The zero-order valence-electron chi connectivity index (χ0n) is 19.1. The van der Waals surface area contributed by atoms with E-state index in [1.165, 1.54) is 4.31 Å². The number of benzene rings is 2. The molecule has 0 unspecified atom stereocenters. The van der Waals surface area contributed by atoms with Crippen LogP contribution in [0.3, 0.4) is 0 Å². The molecular formula is C25H28N4O4S. The van der Waals surface area contributed by atoms with Crippen molar-refractivity contribution in [1.82, 2.24) is 19.8 Å². The van der Waals surface area contributed by atoms with Crippen molar-refractivity contribution in [2.75, 3.05) is 13.1 Å². The minimum Gasteiger partial charge on any atom is -0.352 e. The minimum atomic E-state index is -3.63. The summed E-state index contributed by atoms with van der Waals surface area (Å²) in [7, 11) is -3.63. The largest absolute Gasteiger partial charge is 0.352 e. The molecule has 2 fully saturated rings. The average Bonchev–Trinajstić information content (AvgIpc) is 3.60. The molecule has 2 heterocycles. The van der Waals surface area contributed by atoms with Gasteiger partial charge in [-0.3, -0.25) is 4.79 Å². The molecule has 2 aromatic carbocycles. The zero-order chi connectivity index (χ0) is 23.7. The van der Waals surface area contributed by atoms with Gasteiger partial charge in [0.05, 0.1) is 4.90 Å². The second-order valence-electron chi connectivity index (χ2n) is 9.08. The predicted octanol–water partition coefficient (Wildman–Crippen LogP) is 3.64. The molecule has 1 amide bonds. The van der Waals surface area contributed by atoms with Gasteiger partial charge in [-0.1, -0.05) is 29.4 Å². The SMILES string of the molecule is Cc1ccccc1CNC(=O)C1CCN(S(=O)(=O)c2ccc(-c3noc(C4CC4)n3)cc2)CC1. The van der Waals surface area contributed by atoms with Gasteiger partial charge in [-0.2, -0.15) is 9.29 Å². The van der Waals surface area contributed by atoms with E-state index in [-0.39, 0.29) is 16.7 Å². The van der Waals surface area contributed by atoms with E-state index in [4.69, 9.17) is 4.52 Å². The highest BCUT2D eigenvalue weighted by Crippen LogP contribution is 2.39. The molecule has 178 valence electrons. The van der Waals surface area contributed by atoms with Crippen LogP contribution < -0.4 is 5.32 Å². The molecule has 1 saturated heterocycles. The first kappa shape index (κ1) is 22.7. The third-order valence-electron chi connectivity index (χ3n) is 6.66. The molecule has 1 N–H and O–H groups in total. The van der Waals surface area contributed by atoms with Gasteiger partial charge in [-0.25, -0.2) is 8.42 Å². The Morgan fingerprint density at radius 2 is 1.76 bits per heavy atom. The number of hydrogen-bond acceptors (Lipinski definition) is 6. The summed E-state index contributed by atoms with van der Waals surface area (Å²) in [6, 6.07) is 14.5. The molecule has 1 aromatic heterocycles. The normalized spacial score (nSPS) is 17.6. The summed E-state index contributed by atoms with van der Waals surface area (Å²) >= 11 is 0. The second kappa shape index (κ2) is 9.31. The molecule has 0 spiro atoms. The summed E-state index contributed by atoms with van der Waals surface area (Å²) in [6.07, 6.45) is 3.15. The Kier molecular flexibility index (Phi) is 6.22. The quantitative estimate of drug-likeness (QED) is 0.554. The lowest BCUT2D eigenvalue weighted by Crippen LogP contribution is -2.42. The van der Waals surface area contributed by atoms with Crippen LogP contribution in [-0.4, -0.2) is 41.9 Å². The predicted molar refractivity (Wildman–Crippen MR) is 126 cm³/mol. The summed E-state index contributed by atoms with van der Waals surface area (Å²) in [5.41, 5.74) is 2.94. The third kappa shape index (κ3) is 4.76. The lowest BCUT2D eigenvalue weighted by molar-refractivity contribution is -0.126. The van der Waals surface area contributed by atoms with E-state index in [0.29, 0.717) is 50.1 Å². The molecular weight excluding hydrogens is 452 g/mol. The van der Waals surface area contributed by atoms with Crippen molar-refractivity contribution >= 4 is 15.9 Å². The summed E-state index contributed by atoms with van der Waals surface area (Å²) in [4.78, 5) is 17.3. The number of carbonyl (C=O) groups excluding carboxylic acids is 1. The maximum Gasteiger partial charge on any atom is 0.243 e. The van der Waals surface area contributed by atoms with Gasteiger partial charge in [-0.05, 0) is 68.0 Å². The topological polar surface area (TPSA) is 105 Å². The Bertz CT molecular complexity index is 1270. The molecule has 5 rings (SSSR count). The standard InChI is InChI=1S/C25H28N4O4S/c1-17-4-2-3-5-21(17)16-26-24(30)19-12-14-29(15-13-19)34(31,32)22-10-8-18(9-11-22)23-27-25(33-28-23)20-6-7-20/h2-5,8-11,19-20H,6-7,12-16H2,1H3,(H,26,30). The first-order chi connectivity index (χ1) is 16.4. The van der Waals surface area contributed by atoms with Crippen LogP contribution in [0.15, 0.2) is 57.9 Å². The fourth-order valence-electron chi connectivity index (χ4n) is 4.27. The summed E-state index contributed by atoms with van der Waals surface area (Å²) in [5.74, 6) is 1.29. The average molecular weight is 481 g/mol. The van der Waals surface area contributed by atoms with Crippen LogP contribution in [0, 0.1) is 12.8 Å². The van der Waals surface area contributed by atoms with Crippen LogP contribution in [-0.2, 0) is 21.4 Å². The van der Waals surface area contributed by atoms with Crippen LogP contribution in [0.5, 0.6) is 0 Å². The Labute approximate surface area is 199 Å². The van der Waals surface area contributed by atoms with E-state index in [1.54, 1.807) is 24.3 Å². The van der Waals surface area contributed by atoms with Gasteiger partial charge < -0.3 is 9.84 Å². The third-order valence-corrected chi connectivity index (χ3v) is 8.57. The number of sulfonamides is 1. The van der Waals surface area contributed by atoms with Crippen molar-refractivity contribution < 1.29 is 17.7 Å². The lowest BCUT2D eigenvalue weighted by atomic mass is 9.97. The van der Waals surface area contributed by atoms with Gasteiger partial charge in [0.15, 0.2) is 0 Å². The molecule has 9 heteroatoms. The van der Waals surface area contributed by atoms with Crippen molar-refractivity contribution in [3.8, 4) is 11.4 Å². The lowest BCUT2D eigenvalue weighted by Gasteiger charge is -2.30. The molecule has 1 saturated carbocycles. The summed E-state index contributed by atoms with van der Waals surface area (Å²) in [6.45, 7) is 3.15. The molecule has 3 aromatic rings. The van der Waals surface area contributed by atoms with Crippen LogP contribution in [0.4, 0.5) is 0 Å². The number of nitrogens with one attached hydrogen (secondary N) is 1. The highest BCUT2D eigenvalue weighted by molar-refractivity contribution is 7.89. The van der Waals surface area contributed by atoms with Crippen molar-refractivity contribution in [2.24, 2.45) is 5.92 Å². The monoisotopic (exact) mass is 480 g/mol. The zero-order valence-corrected chi connectivity index (χ0v) is 19.9. The molecule has 8 nitrogen and oxygen atoms in total. The van der Waals surface area contributed by atoms with Crippen LogP contribution >= 0.6 is 0 Å². The molecule has 2 aliphatic rings. The van der Waals surface area contributed by atoms with E-state index in [0.717, 1.165) is 29.5 Å². The van der Waals surface area contributed by atoms with Gasteiger partial charge in [0.1, 0.15) is 0 Å². The number of aromatic nitrogens is 2. The van der Waals surface area contributed by atoms with Crippen molar-refractivity contribution in [3.63, 3.8) is 0 Å². The van der Waals surface area contributed by atoms with Gasteiger partial charge in [0.25, 0.3) is 0 Å². The van der Waals surface area contributed by atoms with Crippen LogP contribution in [0.25, 0.3) is 11.4 Å². The number of carbonyl (C=O) groups is 1. The maximum atomic E-state index is 13.1. The Hall–Kier alpha value is -3.04. The molecule has 0 radical (unpaired) electrons. The van der Waals surface area contributed by atoms with Crippen molar-refractivity contribution in [2.45, 2.75) is 50.0 Å². The van der Waals surface area contributed by atoms with Gasteiger partial charge in [0, 0.05) is 37.0 Å². The van der Waals surface area contributed by atoms with Gasteiger partial charge >= 0.3 is 0 Å². The molecule has 1 aliphatic heterocycles. The fourth-order valence-corrected chi connectivity index (χ4v) is 5.74.